The van der Waals surface area contributed by atoms with Gasteiger partial charge in [0.1, 0.15) is 5.82 Å². The summed E-state index contributed by atoms with van der Waals surface area (Å²) in [6.07, 6.45) is -2.15. The zero-order valence-corrected chi connectivity index (χ0v) is 20.9. The summed E-state index contributed by atoms with van der Waals surface area (Å²) < 4.78 is 66.6. The van der Waals surface area contributed by atoms with Gasteiger partial charge in [0.15, 0.2) is 0 Å². The van der Waals surface area contributed by atoms with Crippen LogP contribution in [0.2, 0.25) is 0 Å². The van der Waals surface area contributed by atoms with Gasteiger partial charge in [-0.25, -0.2) is 9.07 Å². The van der Waals surface area contributed by atoms with E-state index in [2.05, 4.69) is 10.00 Å². The summed E-state index contributed by atoms with van der Waals surface area (Å²) >= 11 is 0. The molecule has 5 aromatic rings. The fourth-order valence-corrected chi connectivity index (χ4v) is 5.31. The van der Waals surface area contributed by atoms with Gasteiger partial charge in [-0.15, -0.1) is 0 Å². The van der Waals surface area contributed by atoms with Crippen molar-refractivity contribution in [2.45, 2.75) is 18.3 Å². The monoisotopic (exact) mass is 538 g/mol. The molecule has 0 aliphatic carbocycles. The van der Waals surface area contributed by atoms with E-state index in [9.17, 15) is 22.7 Å². The zero-order chi connectivity index (χ0) is 27.2. The van der Waals surface area contributed by atoms with Crippen LogP contribution in [-0.4, -0.2) is 63.4 Å². The molecule has 202 valence electrons. The van der Waals surface area contributed by atoms with Crippen LogP contribution >= 0.6 is 0 Å². The van der Waals surface area contributed by atoms with Crippen molar-refractivity contribution in [2.24, 2.45) is 0 Å². The minimum Gasteiger partial charge on any atom is -0.379 e. The van der Waals surface area contributed by atoms with E-state index >= 15 is 0 Å². The molecule has 39 heavy (non-hydrogen) atoms. The minimum atomic E-state index is -5.01. The molecule has 1 aliphatic rings. The molecule has 1 unspecified atom stereocenters. The van der Waals surface area contributed by atoms with Crippen LogP contribution < -0.4 is 0 Å². The number of rotatable bonds is 6. The van der Waals surface area contributed by atoms with Crippen LogP contribution in [0, 0.1) is 5.82 Å². The number of aliphatic hydroxyl groups is 1. The van der Waals surface area contributed by atoms with Crippen LogP contribution in [0.15, 0.2) is 79.1 Å². The van der Waals surface area contributed by atoms with Crippen LogP contribution in [0.4, 0.5) is 17.6 Å². The van der Waals surface area contributed by atoms with Crippen LogP contribution in [0.3, 0.4) is 0 Å². The normalized spacial score (nSPS) is 16.6. The first-order chi connectivity index (χ1) is 18.8. The van der Waals surface area contributed by atoms with Gasteiger partial charge in [-0.05, 0) is 48.0 Å². The minimum absolute atomic E-state index is 0.224. The number of ether oxygens (including phenoxy) is 1. The van der Waals surface area contributed by atoms with E-state index in [0.717, 1.165) is 13.1 Å². The molecule has 1 aliphatic heterocycles. The Balaban J connectivity index is 1.43. The molecule has 6 rings (SSSR count). The van der Waals surface area contributed by atoms with Gasteiger partial charge in [-0.1, -0.05) is 24.3 Å². The lowest BCUT2D eigenvalue weighted by Crippen LogP contribution is -2.43. The molecule has 3 heterocycles. The number of aromatic nitrogens is 3. The molecule has 1 atom stereocenters. The molecule has 1 fully saturated rings. The molecule has 0 radical (unpaired) electrons. The fourth-order valence-electron chi connectivity index (χ4n) is 5.31. The Kier molecular flexibility index (Phi) is 6.41. The molecule has 10 heteroatoms. The van der Waals surface area contributed by atoms with Crippen molar-refractivity contribution >= 4 is 21.8 Å². The number of morpholine rings is 1. The standard InChI is InChI=1S/C29H26F4N4O2/c30-22-6-8-23(9-7-22)37-26-10-5-21(17-20(26)18-34-37)28(38,29(31,32)33)25-19-36(27-4-2-1-3-24(25)27)12-11-35-13-15-39-16-14-35/h1-10,17-19,38H,11-16H2. The van der Waals surface area contributed by atoms with Gasteiger partial charge in [0.2, 0.25) is 5.60 Å². The predicted octanol–water partition coefficient (Wildman–Crippen LogP) is 5.25. The molecule has 0 saturated carbocycles. The third-order valence-electron chi connectivity index (χ3n) is 7.41. The maximum atomic E-state index is 14.9. The second kappa shape index (κ2) is 9.78. The fraction of sp³-hybridized carbons (Fsp3) is 0.276. The van der Waals surface area contributed by atoms with Crippen LogP contribution in [0.1, 0.15) is 11.1 Å². The highest BCUT2D eigenvalue weighted by Gasteiger charge is 2.57. The van der Waals surface area contributed by atoms with E-state index in [1.165, 1.54) is 59.5 Å². The molecule has 0 spiro atoms. The first kappa shape index (κ1) is 25.5. The van der Waals surface area contributed by atoms with Gasteiger partial charge in [-0.2, -0.15) is 18.3 Å². The van der Waals surface area contributed by atoms with Crippen molar-refractivity contribution < 1.29 is 27.4 Å². The van der Waals surface area contributed by atoms with Gasteiger partial charge in [-0.3, -0.25) is 4.90 Å². The van der Waals surface area contributed by atoms with E-state index in [0.29, 0.717) is 53.8 Å². The lowest BCUT2D eigenvalue weighted by Gasteiger charge is -2.31. The molecular formula is C29H26F4N4O2. The average molecular weight is 539 g/mol. The summed E-state index contributed by atoms with van der Waals surface area (Å²) in [6, 6.07) is 16.6. The summed E-state index contributed by atoms with van der Waals surface area (Å²) in [7, 11) is 0. The van der Waals surface area contributed by atoms with Gasteiger partial charge in [0.05, 0.1) is 30.6 Å². The Morgan fingerprint density at radius 2 is 1.64 bits per heavy atom. The summed E-state index contributed by atoms with van der Waals surface area (Å²) in [5, 5.41) is 16.6. The molecule has 0 bridgehead atoms. The number of alkyl halides is 3. The Hall–Kier alpha value is -3.73. The van der Waals surface area contributed by atoms with Crippen molar-refractivity contribution in [1.29, 1.82) is 0 Å². The molecule has 6 nitrogen and oxygen atoms in total. The Morgan fingerprint density at radius 1 is 0.897 bits per heavy atom. The van der Waals surface area contributed by atoms with Gasteiger partial charge < -0.3 is 14.4 Å². The lowest BCUT2D eigenvalue weighted by atomic mass is 9.85. The molecule has 0 amide bonds. The molecule has 1 saturated heterocycles. The van der Waals surface area contributed by atoms with E-state index < -0.39 is 17.6 Å². The van der Waals surface area contributed by atoms with Gasteiger partial charge >= 0.3 is 6.18 Å². The summed E-state index contributed by atoms with van der Waals surface area (Å²) in [5.74, 6) is -0.406. The number of benzene rings is 3. The first-order valence-corrected chi connectivity index (χ1v) is 12.7. The van der Waals surface area contributed by atoms with Crippen molar-refractivity contribution in [3.05, 3.63) is 96.1 Å². The highest BCUT2D eigenvalue weighted by Crippen LogP contribution is 2.47. The van der Waals surface area contributed by atoms with E-state index in [4.69, 9.17) is 4.74 Å². The lowest BCUT2D eigenvalue weighted by molar-refractivity contribution is -0.247. The highest BCUT2D eigenvalue weighted by atomic mass is 19.4. The topological polar surface area (TPSA) is 55.5 Å². The van der Waals surface area contributed by atoms with Gasteiger partial charge in [0.25, 0.3) is 0 Å². The Labute approximate surface area is 221 Å². The predicted molar refractivity (Wildman–Crippen MR) is 139 cm³/mol. The van der Waals surface area contributed by atoms with Crippen molar-refractivity contribution in [3.63, 3.8) is 0 Å². The van der Waals surface area contributed by atoms with E-state index in [-0.39, 0.29) is 11.1 Å². The summed E-state index contributed by atoms with van der Waals surface area (Å²) in [5.41, 5.74) is -2.08. The Morgan fingerprint density at radius 3 is 2.38 bits per heavy atom. The smallest absolute Gasteiger partial charge is 0.379 e. The molecular weight excluding hydrogens is 512 g/mol. The van der Waals surface area contributed by atoms with Crippen molar-refractivity contribution in [1.82, 2.24) is 19.2 Å². The van der Waals surface area contributed by atoms with Crippen molar-refractivity contribution in [2.75, 3.05) is 32.8 Å². The van der Waals surface area contributed by atoms with E-state index in [1.54, 1.807) is 28.8 Å². The third-order valence-corrected chi connectivity index (χ3v) is 7.41. The largest absolute Gasteiger partial charge is 0.425 e. The first-order valence-electron chi connectivity index (χ1n) is 12.7. The third kappa shape index (κ3) is 4.48. The quantitative estimate of drug-likeness (QED) is 0.300. The zero-order valence-electron chi connectivity index (χ0n) is 20.9. The number of nitrogens with zero attached hydrogens (tertiary/aromatic N) is 4. The van der Waals surface area contributed by atoms with Crippen molar-refractivity contribution in [3.8, 4) is 5.69 Å². The summed E-state index contributed by atoms with van der Waals surface area (Å²) in [6.45, 7) is 3.92. The number of fused-ring (bicyclic) bond motifs is 2. The van der Waals surface area contributed by atoms with Gasteiger partial charge in [0, 0.05) is 54.2 Å². The second-order valence-electron chi connectivity index (χ2n) is 9.72. The van der Waals surface area contributed by atoms with Crippen LogP contribution in [-0.2, 0) is 16.9 Å². The number of para-hydroxylation sites is 1. The summed E-state index contributed by atoms with van der Waals surface area (Å²) in [4.78, 5) is 2.21. The maximum absolute atomic E-state index is 14.9. The molecule has 3 aromatic carbocycles. The average Bonchev–Trinajstić information content (AvgIpc) is 3.53. The number of halogens is 4. The highest BCUT2D eigenvalue weighted by molar-refractivity contribution is 5.87. The second-order valence-corrected chi connectivity index (χ2v) is 9.72. The van der Waals surface area contributed by atoms with Crippen LogP contribution in [0.5, 0.6) is 0 Å². The van der Waals surface area contributed by atoms with E-state index in [1.807, 2.05) is 0 Å². The Bertz CT molecular complexity index is 1620. The maximum Gasteiger partial charge on any atom is 0.425 e. The SMILES string of the molecule is OC(c1ccc2c(cnn2-c2ccc(F)cc2)c1)(c1cn(CCN2CCOCC2)c2ccccc12)C(F)(F)F. The molecule has 1 N–H and O–H groups in total. The molecule has 2 aromatic heterocycles. The number of hydrogen-bond acceptors (Lipinski definition) is 4. The van der Waals surface area contributed by atoms with Crippen LogP contribution in [0.25, 0.3) is 27.5 Å². The number of hydrogen-bond donors (Lipinski definition) is 1.